The van der Waals surface area contributed by atoms with E-state index >= 15 is 0 Å². The highest BCUT2D eigenvalue weighted by atomic mass is 35.5. The number of carbonyl (C=O) groups is 1. The van der Waals surface area contributed by atoms with Gasteiger partial charge in [0.15, 0.2) is 0 Å². The molecule has 0 bridgehead atoms. The summed E-state index contributed by atoms with van der Waals surface area (Å²) in [4.78, 5) is 12.4. The summed E-state index contributed by atoms with van der Waals surface area (Å²) < 4.78 is 0. The molecule has 1 saturated carbocycles. The summed E-state index contributed by atoms with van der Waals surface area (Å²) in [6.07, 6.45) is 4.01. The minimum absolute atomic E-state index is 0.104. The number of hydrogen-bond acceptors (Lipinski definition) is 2. The second-order valence-electron chi connectivity index (χ2n) is 4.84. The predicted octanol–water partition coefficient (Wildman–Crippen LogP) is 2.23. The molecule has 1 fully saturated rings. The van der Waals surface area contributed by atoms with Crippen molar-refractivity contribution in [2.24, 2.45) is 5.73 Å². The van der Waals surface area contributed by atoms with Crippen LogP contribution in [0.2, 0.25) is 5.02 Å². The summed E-state index contributed by atoms with van der Waals surface area (Å²) in [6.45, 7) is 1.01. The Morgan fingerprint density at radius 2 is 1.89 bits per heavy atom. The van der Waals surface area contributed by atoms with Gasteiger partial charge < -0.3 is 11.1 Å². The molecule has 0 radical (unpaired) electrons. The zero-order valence-electron chi connectivity index (χ0n) is 10.4. The zero-order chi connectivity index (χ0) is 13.0. The zero-order valence-corrected chi connectivity index (χ0v) is 11.2. The van der Waals surface area contributed by atoms with Gasteiger partial charge >= 0.3 is 0 Å². The average Bonchev–Trinajstić information content (AvgIpc) is 2.87. The Kier molecular flexibility index (Phi) is 4.25. The number of amides is 1. The molecule has 0 aromatic heterocycles. The number of nitrogens with two attached hydrogens (primary N) is 1. The van der Waals surface area contributed by atoms with Crippen molar-refractivity contribution < 1.29 is 4.79 Å². The molecular weight excluding hydrogens is 248 g/mol. The van der Waals surface area contributed by atoms with Gasteiger partial charge in [-0.15, -0.1) is 0 Å². The number of carbonyl (C=O) groups excluding carboxylic acids is 1. The molecule has 1 amide bonds. The van der Waals surface area contributed by atoms with Gasteiger partial charge in [-0.05, 0) is 30.5 Å². The van der Waals surface area contributed by atoms with E-state index in [-0.39, 0.29) is 11.3 Å². The van der Waals surface area contributed by atoms with Gasteiger partial charge in [0.05, 0.1) is 5.41 Å². The van der Waals surface area contributed by atoms with Crippen LogP contribution < -0.4 is 11.1 Å². The predicted molar refractivity (Wildman–Crippen MR) is 73.7 cm³/mol. The molecule has 0 atom stereocenters. The van der Waals surface area contributed by atoms with E-state index in [0.29, 0.717) is 18.1 Å². The first kappa shape index (κ1) is 13.4. The van der Waals surface area contributed by atoms with Crippen molar-refractivity contribution >= 4 is 17.5 Å². The second-order valence-corrected chi connectivity index (χ2v) is 5.28. The maximum Gasteiger partial charge on any atom is 0.230 e. The fourth-order valence-corrected chi connectivity index (χ4v) is 2.88. The van der Waals surface area contributed by atoms with Crippen LogP contribution in [-0.4, -0.2) is 19.0 Å². The summed E-state index contributed by atoms with van der Waals surface area (Å²) in [7, 11) is 0. The first-order valence-corrected chi connectivity index (χ1v) is 6.81. The van der Waals surface area contributed by atoms with E-state index in [9.17, 15) is 4.79 Å². The lowest BCUT2D eigenvalue weighted by atomic mass is 9.78. The molecule has 3 N–H and O–H groups in total. The van der Waals surface area contributed by atoms with Crippen molar-refractivity contribution in [3.8, 4) is 0 Å². The van der Waals surface area contributed by atoms with E-state index < -0.39 is 0 Å². The molecule has 1 aromatic rings. The third-order valence-electron chi connectivity index (χ3n) is 3.72. The Bertz CT molecular complexity index is 410. The van der Waals surface area contributed by atoms with Crippen molar-refractivity contribution in [3.63, 3.8) is 0 Å². The van der Waals surface area contributed by atoms with Crippen LogP contribution in [0, 0.1) is 0 Å². The first-order chi connectivity index (χ1) is 8.69. The SMILES string of the molecule is NCCNC(=O)C1(c2ccc(Cl)cc2)CCCC1. The van der Waals surface area contributed by atoms with Crippen LogP contribution in [0.5, 0.6) is 0 Å². The third-order valence-corrected chi connectivity index (χ3v) is 3.97. The topological polar surface area (TPSA) is 55.1 Å². The lowest BCUT2D eigenvalue weighted by molar-refractivity contribution is -0.126. The van der Waals surface area contributed by atoms with Crippen LogP contribution in [0.1, 0.15) is 31.2 Å². The number of halogens is 1. The molecule has 0 unspecified atom stereocenters. The normalized spacial score (nSPS) is 17.7. The van der Waals surface area contributed by atoms with Gasteiger partial charge in [-0.2, -0.15) is 0 Å². The molecule has 1 aliphatic rings. The monoisotopic (exact) mass is 266 g/mol. The number of nitrogens with one attached hydrogen (secondary N) is 1. The number of rotatable bonds is 4. The van der Waals surface area contributed by atoms with Crippen LogP contribution >= 0.6 is 11.6 Å². The highest BCUT2D eigenvalue weighted by Gasteiger charge is 2.42. The third kappa shape index (κ3) is 2.52. The maximum absolute atomic E-state index is 12.4. The highest BCUT2D eigenvalue weighted by Crippen LogP contribution is 2.41. The van der Waals surface area contributed by atoms with Crippen molar-refractivity contribution in [1.29, 1.82) is 0 Å². The lowest BCUT2D eigenvalue weighted by Gasteiger charge is -2.28. The van der Waals surface area contributed by atoms with Crippen LogP contribution in [-0.2, 0) is 10.2 Å². The minimum atomic E-state index is -0.375. The standard InChI is InChI=1S/C14H19ClN2O/c15-12-5-3-11(4-6-12)14(7-1-2-8-14)13(18)17-10-9-16/h3-6H,1-2,7-10,16H2,(H,17,18). The van der Waals surface area contributed by atoms with Crippen molar-refractivity contribution in [2.45, 2.75) is 31.1 Å². The number of hydrogen-bond donors (Lipinski definition) is 2. The molecule has 1 aromatic carbocycles. The van der Waals surface area contributed by atoms with Gasteiger partial charge in [0.25, 0.3) is 0 Å². The molecule has 0 saturated heterocycles. The van der Waals surface area contributed by atoms with E-state index in [2.05, 4.69) is 5.32 Å². The first-order valence-electron chi connectivity index (χ1n) is 6.43. The summed E-state index contributed by atoms with van der Waals surface area (Å²) in [6, 6.07) is 7.64. The van der Waals surface area contributed by atoms with Crippen LogP contribution in [0.25, 0.3) is 0 Å². The summed E-state index contributed by atoms with van der Waals surface area (Å²) >= 11 is 5.91. The Morgan fingerprint density at radius 1 is 1.28 bits per heavy atom. The summed E-state index contributed by atoms with van der Waals surface area (Å²) in [5, 5.41) is 3.63. The van der Waals surface area contributed by atoms with Crippen molar-refractivity contribution in [2.75, 3.05) is 13.1 Å². The molecular formula is C14H19ClN2O. The molecule has 4 heteroatoms. The van der Waals surface area contributed by atoms with Gasteiger partial charge in [-0.3, -0.25) is 4.79 Å². The Morgan fingerprint density at radius 3 is 2.44 bits per heavy atom. The van der Waals surface area contributed by atoms with Gasteiger partial charge in [0.2, 0.25) is 5.91 Å². The summed E-state index contributed by atoms with van der Waals surface area (Å²) in [5.41, 5.74) is 6.14. The van der Waals surface area contributed by atoms with E-state index in [0.717, 1.165) is 31.2 Å². The quantitative estimate of drug-likeness (QED) is 0.878. The molecule has 0 aliphatic heterocycles. The minimum Gasteiger partial charge on any atom is -0.354 e. The lowest BCUT2D eigenvalue weighted by Crippen LogP contribution is -2.44. The fraction of sp³-hybridized carbons (Fsp3) is 0.500. The number of benzene rings is 1. The van der Waals surface area contributed by atoms with Gasteiger partial charge in [-0.25, -0.2) is 0 Å². The molecule has 0 spiro atoms. The van der Waals surface area contributed by atoms with Crippen LogP contribution in [0.15, 0.2) is 24.3 Å². The Balaban J connectivity index is 2.26. The molecule has 98 valence electrons. The van der Waals surface area contributed by atoms with E-state index in [1.807, 2.05) is 24.3 Å². The fourth-order valence-electron chi connectivity index (χ4n) is 2.75. The summed E-state index contributed by atoms with van der Waals surface area (Å²) in [5.74, 6) is 0.104. The van der Waals surface area contributed by atoms with E-state index in [4.69, 9.17) is 17.3 Å². The largest absolute Gasteiger partial charge is 0.354 e. The van der Waals surface area contributed by atoms with Crippen LogP contribution in [0.3, 0.4) is 0 Å². The van der Waals surface area contributed by atoms with Crippen molar-refractivity contribution in [1.82, 2.24) is 5.32 Å². The smallest absolute Gasteiger partial charge is 0.230 e. The molecule has 1 aliphatic carbocycles. The van der Waals surface area contributed by atoms with Gasteiger partial charge in [0.1, 0.15) is 0 Å². The van der Waals surface area contributed by atoms with E-state index in [1.165, 1.54) is 0 Å². The maximum atomic E-state index is 12.4. The molecule has 2 rings (SSSR count). The van der Waals surface area contributed by atoms with Crippen LogP contribution in [0.4, 0.5) is 0 Å². The highest BCUT2D eigenvalue weighted by molar-refractivity contribution is 6.30. The average molecular weight is 267 g/mol. The Labute approximate surface area is 113 Å². The molecule has 3 nitrogen and oxygen atoms in total. The Hall–Kier alpha value is -1.06. The van der Waals surface area contributed by atoms with Crippen molar-refractivity contribution in [3.05, 3.63) is 34.9 Å². The van der Waals surface area contributed by atoms with Gasteiger partial charge in [0, 0.05) is 18.1 Å². The van der Waals surface area contributed by atoms with Gasteiger partial charge in [-0.1, -0.05) is 36.6 Å². The molecule has 18 heavy (non-hydrogen) atoms. The van der Waals surface area contributed by atoms with E-state index in [1.54, 1.807) is 0 Å². The molecule has 0 heterocycles. The second kappa shape index (κ2) is 5.72.